The Morgan fingerprint density at radius 1 is 1.47 bits per heavy atom. The Hall–Kier alpha value is -1.97. The average Bonchev–Trinajstić information content (AvgIpc) is 2.67. The first kappa shape index (κ1) is 11.5. The van der Waals surface area contributed by atoms with E-state index in [4.69, 9.17) is 4.74 Å². The summed E-state index contributed by atoms with van der Waals surface area (Å²) in [5.41, 5.74) is 2.34. The smallest absolute Gasteiger partial charge is 0.338 e. The maximum absolute atomic E-state index is 11.2. The molecule has 1 aromatic heterocycles. The van der Waals surface area contributed by atoms with Crippen LogP contribution in [-0.4, -0.2) is 22.8 Å². The van der Waals surface area contributed by atoms with E-state index in [1.54, 1.807) is 13.3 Å². The second-order valence-electron chi connectivity index (χ2n) is 3.96. The number of aromatic carboxylic acids is 1. The van der Waals surface area contributed by atoms with Crippen LogP contribution in [0, 0.1) is 0 Å². The molecule has 0 atom stereocenters. The molecule has 0 unspecified atom stereocenters. The number of benzene rings is 1. The van der Waals surface area contributed by atoms with Crippen LogP contribution in [0.15, 0.2) is 18.3 Å². The summed E-state index contributed by atoms with van der Waals surface area (Å²) in [6.07, 6.45) is 2.49. The molecule has 0 aliphatic carbocycles. The summed E-state index contributed by atoms with van der Waals surface area (Å²) >= 11 is 0. The molecular weight excluding hydrogens is 218 g/mol. The average molecular weight is 233 g/mol. The van der Waals surface area contributed by atoms with Crippen LogP contribution in [0.2, 0.25) is 0 Å². The number of nitrogens with zero attached hydrogens (tertiary/aromatic N) is 1. The number of ether oxygens (including phenoxy) is 1. The van der Waals surface area contributed by atoms with Crippen molar-refractivity contribution >= 4 is 16.9 Å². The minimum absolute atomic E-state index is 0.287. The molecule has 17 heavy (non-hydrogen) atoms. The van der Waals surface area contributed by atoms with Gasteiger partial charge in [0.1, 0.15) is 5.75 Å². The molecule has 0 radical (unpaired) electrons. The highest BCUT2D eigenvalue weighted by atomic mass is 16.5. The van der Waals surface area contributed by atoms with Gasteiger partial charge in [0.2, 0.25) is 0 Å². The second kappa shape index (κ2) is 4.13. The number of carbonyl (C=O) groups is 1. The van der Waals surface area contributed by atoms with E-state index in [0.717, 1.165) is 17.5 Å². The van der Waals surface area contributed by atoms with E-state index >= 15 is 0 Å². The molecule has 0 aliphatic rings. The number of carboxylic acid groups (broad SMARTS) is 1. The van der Waals surface area contributed by atoms with Gasteiger partial charge in [0.05, 0.1) is 23.6 Å². The summed E-state index contributed by atoms with van der Waals surface area (Å²) in [7, 11) is 3.41. The molecular formula is C13H15NO3. The van der Waals surface area contributed by atoms with Crippen LogP contribution in [0.5, 0.6) is 5.75 Å². The quantitative estimate of drug-likeness (QED) is 0.885. The van der Waals surface area contributed by atoms with E-state index in [-0.39, 0.29) is 5.56 Å². The summed E-state index contributed by atoms with van der Waals surface area (Å²) in [6, 6.07) is 3.81. The maximum atomic E-state index is 11.2. The summed E-state index contributed by atoms with van der Waals surface area (Å²) < 4.78 is 7.10. The number of methoxy groups -OCH3 is 1. The maximum Gasteiger partial charge on any atom is 0.338 e. The standard InChI is InChI=1S/C13H15NO3/c1-4-8-5-6-10(17-3)11-9(13(15)16)7-14(2)12(8)11/h5-7H,4H2,1-3H3,(H,15,16). The molecule has 0 saturated carbocycles. The van der Waals surface area contributed by atoms with Crippen LogP contribution in [0.4, 0.5) is 0 Å². The summed E-state index contributed by atoms with van der Waals surface area (Å²) in [4.78, 5) is 11.2. The Balaban J connectivity index is 2.92. The van der Waals surface area contributed by atoms with Crippen LogP contribution in [0.25, 0.3) is 10.9 Å². The highest BCUT2D eigenvalue weighted by Crippen LogP contribution is 2.33. The van der Waals surface area contributed by atoms with Gasteiger partial charge in [0.25, 0.3) is 0 Å². The number of rotatable bonds is 3. The molecule has 90 valence electrons. The van der Waals surface area contributed by atoms with E-state index < -0.39 is 5.97 Å². The predicted octanol–water partition coefficient (Wildman–Crippen LogP) is 2.45. The first-order chi connectivity index (χ1) is 8.10. The molecule has 0 saturated heterocycles. The Morgan fingerprint density at radius 3 is 2.71 bits per heavy atom. The molecule has 1 aromatic carbocycles. The van der Waals surface area contributed by atoms with Gasteiger partial charge in [-0.3, -0.25) is 0 Å². The zero-order valence-electron chi connectivity index (χ0n) is 10.2. The van der Waals surface area contributed by atoms with Gasteiger partial charge in [-0.1, -0.05) is 13.0 Å². The SMILES string of the molecule is CCc1ccc(OC)c2c(C(=O)O)cn(C)c12. The Morgan fingerprint density at radius 2 is 2.18 bits per heavy atom. The lowest BCUT2D eigenvalue weighted by Gasteiger charge is -2.07. The van der Waals surface area contributed by atoms with Gasteiger partial charge in [0.15, 0.2) is 0 Å². The number of fused-ring (bicyclic) bond motifs is 1. The molecule has 4 nitrogen and oxygen atoms in total. The van der Waals surface area contributed by atoms with Crippen molar-refractivity contribution in [2.75, 3.05) is 7.11 Å². The zero-order chi connectivity index (χ0) is 12.6. The third-order valence-electron chi connectivity index (χ3n) is 3.00. The van der Waals surface area contributed by atoms with Crippen LogP contribution in [0.1, 0.15) is 22.8 Å². The van der Waals surface area contributed by atoms with Gasteiger partial charge >= 0.3 is 5.97 Å². The van der Waals surface area contributed by atoms with Gasteiger partial charge in [-0.05, 0) is 18.1 Å². The fourth-order valence-corrected chi connectivity index (χ4v) is 2.22. The van der Waals surface area contributed by atoms with Gasteiger partial charge in [-0.25, -0.2) is 4.79 Å². The zero-order valence-corrected chi connectivity index (χ0v) is 10.2. The van der Waals surface area contributed by atoms with Crippen LogP contribution in [-0.2, 0) is 13.5 Å². The van der Waals surface area contributed by atoms with E-state index in [1.807, 2.05) is 23.7 Å². The Kier molecular flexibility index (Phi) is 2.79. The monoisotopic (exact) mass is 233 g/mol. The number of hydrogen-bond donors (Lipinski definition) is 1. The second-order valence-corrected chi connectivity index (χ2v) is 3.96. The number of aryl methyl sites for hydroxylation is 2. The lowest BCUT2D eigenvalue weighted by molar-refractivity contribution is 0.0698. The summed E-state index contributed by atoms with van der Waals surface area (Å²) in [6.45, 7) is 2.05. The molecule has 0 fully saturated rings. The molecule has 0 spiro atoms. The lowest BCUT2D eigenvalue weighted by Crippen LogP contribution is -1.96. The van der Waals surface area contributed by atoms with E-state index in [9.17, 15) is 9.90 Å². The fraction of sp³-hybridized carbons (Fsp3) is 0.308. The van der Waals surface area contributed by atoms with Gasteiger partial charge in [-0.15, -0.1) is 0 Å². The van der Waals surface area contributed by atoms with Crippen molar-refractivity contribution in [2.24, 2.45) is 7.05 Å². The van der Waals surface area contributed by atoms with Crippen molar-refractivity contribution in [3.05, 3.63) is 29.5 Å². The van der Waals surface area contributed by atoms with Crippen LogP contribution >= 0.6 is 0 Å². The molecule has 0 aliphatic heterocycles. The highest BCUT2D eigenvalue weighted by molar-refractivity contribution is 6.07. The molecule has 0 bridgehead atoms. The highest BCUT2D eigenvalue weighted by Gasteiger charge is 2.18. The van der Waals surface area contributed by atoms with Gasteiger partial charge in [0, 0.05) is 13.2 Å². The summed E-state index contributed by atoms with van der Waals surface area (Å²) in [5.74, 6) is -0.322. The van der Waals surface area contributed by atoms with Crippen molar-refractivity contribution in [1.82, 2.24) is 4.57 Å². The van der Waals surface area contributed by atoms with Crippen molar-refractivity contribution in [3.8, 4) is 5.75 Å². The van der Waals surface area contributed by atoms with Crippen molar-refractivity contribution in [2.45, 2.75) is 13.3 Å². The lowest BCUT2D eigenvalue weighted by atomic mass is 10.1. The number of hydrogen-bond acceptors (Lipinski definition) is 2. The van der Waals surface area contributed by atoms with E-state index in [2.05, 4.69) is 6.92 Å². The molecule has 2 rings (SSSR count). The fourth-order valence-electron chi connectivity index (χ4n) is 2.22. The van der Waals surface area contributed by atoms with E-state index in [1.165, 1.54) is 0 Å². The summed E-state index contributed by atoms with van der Waals surface area (Å²) in [5, 5.41) is 9.89. The molecule has 2 aromatic rings. The molecule has 4 heteroatoms. The first-order valence-electron chi connectivity index (χ1n) is 5.48. The third-order valence-corrected chi connectivity index (χ3v) is 3.00. The molecule has 1 heterocycles. The third kappa shape index (κ3) is 1.65. The minimum atomic E-state index is -0.929. The first-order valence-corrected chi connectivity index (χ1v) is 5.48. The van der Waals surface area contributed by atoms with Gasteiger partial charge in [-0.2, -0.15) is 0 Å². The predicted molar refractivity (Wildman–Crippen MR) is 65.8 cm³/mol. The minimum Gasteiger partial charge on any atom is -0.496 e. The topological polar surface area (TPSA) is 51.5 Å². The number of aromatic nitrogens is 1. The van der Waals surface area contributed by atoms with Gasteiger partial charge < -0.3 is 14.4 Å². The van der Waals surface area contributed by atoms with Crippen LogP contribution < -0.4 is 4.74 Å². The largest absolute Gasteiger partial charge is 0.496 e. The Bertz CT molecular complexity index is 584. The van der Waals surface area contributed by atoms with Crippen molar-refractivity contribution < 1.29 is 14.6 Å². The van der Waals surface area contributed by atoms with E-state index in [0.29, 0.717) is 11.1 Å². The Labute approximate surface area is 99.4 Å². The molecule has 1 N–H and O–H groups in total. The van der Waals surface area contributed by atoms with Crippen molar-refractivity contribution in [1.29, 1.82) is 0 Å². The number of carboxylic acids is 1. The van der Waals surface area contributed by atoms with Crippen molar-refractivity contribution in [3.63, 3.8) is 0 Å². The molecule has 0 amide bonds. The van der Waals surface area contributed by atoms with Crippen LogP contribution in [0.3, 0.4) is 0 Å². The normalized spacial score (nSPS) is 10.8.